The summed E-state index contributed by atoms with van der Waals surface area (Å²) in [4.78, 5) is 0. The molecule has 0 aliphatic rings. The average molecular weight is 249 g/mol. The molecule has 2 aromatic rings. The molecule has 0 radical (unpaired) electrons. The zero-order valence-corrected chi connectivity index (χ0v) is 9.91. The van der Waals surface area contributed by atoms with Crippen LogP contribution in [0.3, 0.4) is 0 Å². The highest BCUT2D eigenvalue weighted by atomic mass is 19.1. The maximum Gasteiger partial charge on any atom is 0.125 e. The minimum Gasteiger partial charge on any atom is -0.489 e. The van der Waals surface area contributed by atoms with Gasteiger partial charge in [-0.3, -0.25) is 0 Å². The van der Waals surface area contributed by atoms with Crippen LogP contribution in [0.5, 0.6) is 5.75 Å². The van der Waals surface area contributed by atoms with E-state index in [0.29, 0.717) is 22.6 Å². The number of nitrogen functional groups attached to an aromatic ring is 1. The number of nitrogens with two attached hydrogens (primary N) is 1. The van der Waals surface area contributed by atoms with Gasteiger partial charge in [0.15, 0.2) is 0 Å². The molecule has 94 valence electrons. The van der Waals surface area contributed by atoms with Gasteiger partial charge in [-0.05, 0) is 54.4 Å². The first-order valence-electron chi connectivity index (χ1n) is 5.48. The molecule has 0 aliphatic carbocycles. The summed E-state index contributed by atoms with van der Waals surface area (Å²) >= 11 is 0. The van der Waals surface area contributed by atoms with E-state index in [1.807, 2.05) is 0 Å². The topological polar surface area (TPSA) is 35.2 Å². The fraction of sp³-hybridized carbons (Fsp3) is 0.143. The number of hydrogen-bond acceptors (Lipinski definition) is 2. The average Bonchev–Trinajstić information content (AvgIpc) is 2.26. The van der Waals surface area contributed by atoms with E-state index in [2.05, 4.69) is 0 Å². The molecule has 18 heavy (non-hydrogen) atoms. The summed E-state index contributed by atoms with van der Waals surface area (Å²) in [6.07, 6.45) is 0. The van der Waals surface area contributed by atoms with Crippen molar-refractivity contribution in [3.63, 3.8) is 0 Å². The third kappa shape index (κ3) is 2.97. The highest BCUT2D eigenvalue weighted by Gasteiger charge is 2.03. The van der Waals surface area contributed by atoms with Crippen molar-refractivity contribution in [2.75, 3.05) is 5.73 Å². The fourth-order valence-electron chi connectivity index (χ4n) is 1.69. The molecule has 2 nitrogen and oxygen atoms in total. The van der Waals surface area contributed by atoms with Crippen molar-refractivity contribution < 1.29 is 13.5 Å². The van der Waals surface area contributed by atoms with Gasteiger partial charge >= 0.3 is 0 Å². The molecule has 0 atom stereocenters. The molecule has 0 aromatic heterocycles. The quantitative estimate of drug-likeness (QED) is 0.846. The molecule has 0 fully saturated rings. The van der Waals surface area contributed by atoms with Crippen LogP contribution >= 0.6 is 0 Å². The van der Waals surface area contributed by atoms with E-state index in [9.17, 15) is 8.78 Å². The first kappa shape index (κ1) is 12.4. The number of anilines is 1. The van der Waals surface area contributed by atoms with Crippen LogP contribution in [-0.2, 0) is 6.61 Å². The SMILES string of the molecule is Cc1cc(F)ccc1OCc1cc(N)cc(F)c1. The highest BCUT2D eigenvalue weighted by molar-refractivity contribution is 5.41. The predicted octanol–water partition coefficient (Wildman–Crippen LogP) is 3.43. The molecule has 0 aliphatic heterocycles. The summed E-state index contributed by atoms with van der Waals surface area (Å²) < 4.78 is 31.5. The van der Waals surface area contributed by atoms with E-state index in [1.165, 1.54) is 24.3 Å². The second-order valence-electron chi connectivity index (χ2n) is 4.09. The summed E-state index contributed by atoms with van der Waals surface area (Å²) in [5, 5.41) is 0. The lowest BCUT2D eigenvalue weighted by molar-refractivity contribution is 0.303. The maximum absolute atomic E-state index is 13.1. The van der Waals surface area contributed by atoms with Crippen LogP contribution in [0.15, 0.2) is 36.4 Å². The molecule has 2 rings (SSSR count). The van der Waals surface area contributed by atoms with E-state index in [1.54, 1.807) is 19.1 Å². The molecule has 0 unspecified atom stereocenters. The smallest absolute Gasteiger partial charge is 0.125 e. The molecule has 0 saturated carbocycles. The van der Waals surface area contributed by atoms with Gasteiger partial charge in [0.2, 0.25) is 0 Å². The Morgan fingerprint density at radius 2 is 1.83 bits per heavy atom. The van der Waals surface area contributed by atoms with Crippen molar-refractivity contribution >= 4 is 5.69 Å². The Kier molecular flexibility index (Phi) is 3.46. The summed E-state index contributed by atoms with van der Waals surface area (Å²) in [7, 11) is 0. The summed E-state index contributed by atoms with van der Waals surface area (Å²) in [5.41, 5.74) is 7.21. The monoisotopic (exact) mass is 249 g/mol. The Bertz CT molecular complexity index is 549. The first-order chi connectivity index (χ1) is 8.54. The van der Waals surface area contributed by atoms with Gasteiger partial charge in [0.05, 0.1) is 0 Å². The lowest BCUT2D eigenvalue weighted by atomic mass is 10.2. The molecular weight excluding hydrogens is 236 g/mol. The first-order valence-corrected chi connectivity index (χ1v) is 5.48. The third-order valence-electron chi connectivity index (χ3n) is 2.51. The molecule has 2 aromatic carbocycles. The van der Waals surface area contributed by atoms with E-state index < -0.39 is 5.82 Å². The zero-order chi connectivity index (χ0) is 13.1. The molecule has 0 saturated heterocycles. The van der Waals surface area contributed by atoms with Gasteiger partial charge in [-0.2, -0.15) is 0 Å². The van der Waals surface area contributed by atoms with Crippen LogP contribution in [0.25, 0.3) is 0 Å². The van der Waals surface area contributed by atoms with Crippen molar-refractivity contribution in [3.8, 4) is 5.75 Å². The van der Waals surface area contributed by atoms with Crippen LogP contribution in [0.2, 0.25) is 0 Å². The molecule has 0 bridgehead atoms. The second kappa shape index (κ2) is 5.04. The Morgan fingerprint density at radius 1 is 1.06 bits per heavy atom. The van der Waals surface area contributed by atoms with Crippen molar-refractivity contribution in [2.24, 2.45) is 0 Å². The molecule has 0 heterocycles. The highest BCUT2D eigenvalue weighted by Crippen LogP contribution is 2.20. The van der Waals surface area contributed by atoms with Gasteiger partial charge < -0.3 is 10.5 Å². The number of aryl methyl sites for hydroxylation is 1. The Balaban J connectivity index is 2.11. The maximum atomic E-state index is 13.1. The van der Waals surface area contributed by atoms with E-state index in [4.69, 9.17) is 10.5 Å². The van der Waals surface area contributed by atoms with Gasteiger partial charge in [-0.1, -0.05) is 0 Å². The largest absolute Gasteiger partial charge is 0.489 e. The minimum atomic E-state index is -0.399. The molecule has 4 heteroatoms. The molecular formula is C14H13F2NO. The van der Waals surface area contributed by atoms with Crippen LogP contribution < -0.4 is 10.5 Å². The van der Waals surface area contributed by atoms with Gasteiger partial charge in [-0.25, -0.2) is 8.78 Å². The number of hydrogen-bond donors (Lipinski definition) is 1. The van der Waals surface area contributed by atoms with Crippen molar-refractivity contribution in [1.29, 1.82) is 0 Å². The van der Waals surface area contributed by atoms with Crippen LogP contribution in [0.1, 0.15) is 11.1 Å². The van der Waals surface area contributed by atoms with Crippen molar-refractivity contribution in [2.45, 2.75) is 13.5 Å². The van der Waals surface area contributed by atoms with E-state index in [-0.39, 0.29) is 12.4 Å². The third-order valence-corrected chi connectivity index (χ3v) is 2.51. The van der Waals surface area contributed by atoms with Gasteiger partial charge in [0.25, 0.3) is 0 Å². The lowest BCUT2D eigenvalue weighted by Crippen LogP contribution is -1.99. The number of rotatable bonds is 3. The van der Waals surface area contributed by atoms with Gasteiger partial charge in [-0.15, -0.1) is 0 Å². The van der Waals surface area contributed by atoms with Gasteiger partial charge in [0.1, 0.15) is 24.0 Å². The van der Waals surface area contributed by atoms with Crippen LogP contribution in [-0.4, -0.2) is 0 Å². The standard InChI is InChI=1S/C14H13F2NO/c1-9-4-11(15)2-3-14(9)18-8-10-5-12(16)7-13(17)6-10/h2-7H,8,17H2,1H3. The summed E-state index contributed by atoms with van der Waals surface area (Å²) in [5.74, 6) is -0.140. The zero-order valence-electron chi connectivity index (χ0n) is 9.91. The van der Waals surface area contributed by atoms with Crippen LogP contribution in [0, 0.1) is 18.6 Å². The van der Waals surface area contributed by atoms with Gasteiger partial charge in [0, 0.05) is 5.69 Å². The Hall–Kier alpha value is -2.10. The molecule has 0 spiro atoms. The summed E-state index contributed by atoms with van der Waals surface area (Å²) in [6, 6.07) is 8.49. The summed E-state index contributed by atoms with van der Waals surface area (Å²) in [6.45, 7) is 1.94. The van der Waals surface area contributed by atoms with E-state index in [0.717, 1.165) is 0 Å². The number of halogens is 2. The predicted molar refractivity (Wildman–Crippen MR) is 66.3 cm³/mol. The molecule has 2 N–H and O–H groups in total. The second-order valence-corrected chi connectivity index (χ2v) is 4.09. The normalized spacial score (nSPS) is 10.4. The van der Waals surface area contributed by atoms with Crippen molar-refractivity contribution in [1.82, 2.24) is 0 Å². The number of benzene rings is 2. The van der Waals surface area contributed by atoms with Crippen LogP contribution in [0.4, 0.5) is 14.5 Å². The van der Waals surface area contributed by atoms with E-state index >= 15 is 0 Å². The minimum absolute atomic E-state index is 0.189. The Labute approximate surface area is 104 Å². The molecule has 0 amide bonds. The van der Waals surface area contributed by atoms with Crippen molar-refractivity contribution in [3.05, 3.63) is 59.2 Å². The fourth-order valence-corrected chi connectivity index (χ4v) is 1.69. The lowest BCUT2D eigenvalue weighted by Gasteiger charge is -2.09. The number of ether oxygens (including phenoxy) is 1. The Morgan fingerprint density at radius 3 is 2.50 bits per heavy atom.